The van der Waals surface area contributed by atoms with Crippen LogP contribution in [-0.2, 0) is 14.0 Å². The molecule has 4 aromatic carbocycles. The van der Waals surface area contributed by atoms with Gasteiger partial charge in [0.05, 0.1) is 17.3 Å². The summed E-state index contributed by atoms with van der Waals surface area (Å²) in [4.78, 5) is 0. The molecule has 0 N–H and O–H groups in total. The monoisotopic (exact) mass is 540 g/mol. The van der Waals surface area contributed by atoms with Crippen LogP contribution in [0.1, 0.15) is 61.1 Å². The van der Waals surface area contributed by atoms with Crippen LogP contribution in [0, 0.1) is 13.8 Å². The SMILES string of the molecule is Cc1ccc(C2=C(c3ccccc3)C(OB3OC(C)(C)C(C)(C)O3)C(c3ccccc3)=C2c2ccc(C)cc2)cc1. The molecule has 1 fully saturated rings. The molecule has 0 saturated carbocycles. The molecule has 0 amide bonds. The summed E-state index contributed by atoms with van der Waals surface area (Å²) < 4.78 is 19.8. The van der Waals surface area contributed by atoms with Crippen molar-refractivity contribution in [1.82, 2.24) is 0 Å². The van der Waals surface area contributed by atoms with Crippen molar-refractivity contribution in [3.05, 3.63) is 143 Å². The van der Waals surface area contributed by atoms with Gasteiger partial charge in [-0.25, -0.2) is 0 Å². The van der Waals surface area contributed by atoms with E-state index in [1.807, 2.05) is 0 Å². The highest BCUT2D eigenvalue weighted by Crippen LogP contribution is 2.53. The minimum Gasteiger partial charge on any atom is -0.378 e. The third-order valence-electron chi connectivity index (χ3n) is 8.64. The smallest absolute Gasteiger partial charge is 0.378 e. The van der Waals surface area contributed by atoms with Crippen LogP contribution in [0.25, 0.3) is 22.3 Å². The lowest BCUT2D eigenvalue weighted by atomic mass is 9.88. The van der Waals surface area contributed by atoms with Crippen molar-refractivity contribution < 1.29 is 14.0 Å². The van der Waals surface area contributed by atoms with E-state index in [1.54, 1.807) is 0 Å². The predicted octanol–water partition coefficient (Wildman–Crippen LogP) is 8.81. The highest BCUT2D eigenvalue weighted by Gasteiger charge is 2.54. The molecule has 0 spiro atoms. The second-order valence-electron chi connectivity index (χ2n) is 12.1. The first-order valence-corrected chi connectivity index (χ1v) is 14.4. The van der Waals surface area contributed by atoms with Gasteiger partial charge in [-0.15, -0.1) is 0 Å². The number of hydrogen-bond donors (Lipinski definition) is 0. The maximum Gasteiger partial charge on any atom is 0.641 e. The summed E-state index contributed by atoms with van der Waals surface area (Å²) in [6.45, 7) is 12.5. The molecule has 206 valence electrons. The molecule has 4 aromatic rings. The highest BCUT2D eigenvalue weighted by atomic mass is 16.8. The molecule has 3 nitrogen and oxygen atoms in total. The van der Waals surface area contributed by atoms with Crippen LogP contribution in [-0.4, -0.2) is 24.6 Å². The van der Waals surface area contributed by atoms with Gasteiger partial charge in [-0.2, -0.15) is 0 Å². The molecule has 6 rings (SSSR count). The highest BCUT2D eigenvalue weighted by molar-refractivity contribution is 6.39. The fourth-order valence-electron chi connectivity index (χ4n) is 5.63. The van der Waals surface area contributed by atoms with E-state index in [0.717, 1.165) is 33.4 Å². The van der Waals surface area contributed by atoms with Crippen molar-refractivity contribution in [2.45, 2.75) is 58.8 Å². The quantitative estimate of drug-likeness (QED) is 0.229. The molecule has 0 aromatic heterocycles. The summed E-state index contributed by atoms with van der Waals surface area (Å²) >= 11 is 0. The second-order valence-corrected chi connectivity index (χ2v) is 12.1. The molecule has 4 heteroatoms. The molecule has 1 aliphatic heterocycles. The summed E-state index contributed by atoms with van der Waals surface area (Å²) in [6.07, 6.45) is -0.429. The van der Waals surface area contributed by atoms with Gasteiger partial charge < -0.3 is 14.0 Å². The molecule has 2 aliphatic rings. The lowest BCUT2D eigenvalue weighted by molar-refractivity contribution is 0.00578. The molecule has 0 atom stereocenters. The van der Waals surface area contributed by atoms with Crippen molar-refractivity contribution >= 4 is 29.6 Å². The van der Waals surface area contributed by atoms with E-state index in [4.69, 9.17) is 14.0 Å². The summed E-state index contributed by atoms with van der Waals surface area (Å²) in [7, 11) is -0.820. The van der Waals surface area contributed by atoms with Gasteiger partial charge in [-0.1, -0.05) is 120 Å². The molecule has 0 radical (unpaired) electrons. The Bertz CT molecular complexity index is 1480. The van der Waals surface area contributed by atoms with Crippen LogP contribution in [0.2, 0.25) is 0 Å². The fraction of sp³-hybridized carbons (Fsp3) is 0.243. The Kier molecular flexibility index (Phi) is 7.11. The average Bonchev–Trinajstić information content (AvgIpc) is 3.39. The van der Waals surface area contributed by atoms with Gasteiger partial charge >= 0.3 is 7.32 Å². The van der Waals surface area contributed by atoms with Crippen LogP contribution in [0.5, 0.6) is 0 Å². The Hall–Kier alpha value is -3.70. The summed E-state index contributed by atoms with van der Waals surface area (Å²) in [5, 5.41) is 0. The summed E-state index contributed by atoms with van der Waals surface area (Å²) in [5.74, 6) is 0. The molecule has 1 heterocycles. The number of benzene rings is 4. The van der Waals surface area contributed by atoms with Crippen molar-refractivity contribution in [3.63, 3.8) is 0 Å². The van der Waals surface area contributed by atoms with E-state index < -0.39 is 24.6 Å². The maximum atomic E-state index is 6.97. The van der Waals surface area contributed by atoms with Crippen LogP contribution in [0.3, 0.4) is 0 Å². The van der Waals surface area contributed by atoms with E-state index in [0.29, 0.717) is 0 Å². The van der Waals surface area contributed by atoms with E-state index in [-0.39, 0.29) is 0 Å². The first-order chi connectivity index (χ1) is 19.6. The molecule has 0 bridgehead atoms. The third-order valence-corrected chi connectivity index (χ3v) is 8.64. The van der Waals surface area contributed by atoms with E-state index in [1.165, 1.54) is 22.3 Å². The first kappa shape index (κ1) is 27.5. The Balaban J connectivity index is 1.65. The van der Waals surface area contributed by atoms with Gasteiger partial charge in [-0.05, 0) is 86.1 Å². The molecular formula is C37H37BO3. The average molecular weight is 541 g/mol. The molecule has 41 heavy (non-hydrogen) atoms. The summed E-state index contributed by atoms with van der Waals surface area (Å²) in [6, 6.07) is 38.8. The van der Waals surface area contributed by atoms with Gasteiger partial charge in [-0.3, -0.25) is 0 Å². The van der Waals surface area contributed by atoms with E-state index >= 15 is 0 Å². The zero-order valence-corrected chi connectivity index (χ0v) is 24.8. The lowest BCUT2D eigenvalue weighted by Gasteiger charge is -2.31. The van der Waals surface area contributed by atoms with Gasteiger partial charge in [0.15, 0.2) is 0 Å². The minimum absolute atomic E-state index is 0.429. The molecule has 1 saturated heterocycles. The summed E-state index contributed by atoms with van der Waals surface area (Å²) in [5.41, 5.74) is 10.5. The Morgan fingerprint density at radius 2 is 0.878 bits per heavy atom. The van der Waals surface area contributed by atoms with Crippen LogP contribution in [0.4, 0.5) is 0 Å². The van der Waals surface area contributed by atoms with Gasteiger partial charge in [0.2, 0.25) is 0 Å². The molecule has 0 unspecified atom stereocenters. The number of hydrogen-bond acceptors (Lipinski definition) is 3. The largest absolute Gasteiger partial charge is 0.641 e. The van der Waals surface area contributed by atoms with Crippen molar-refractivity contribution in [3.8, 4) is 0 Å². The van der Waals surface area contributed by atoms with E-state index in [2.05, 4.69) is 151 Å². The molecule has 1 aliphatic carbocycles. The zero-order valence-electron chi connectivity index (χ0n) is 24.8. The first-order valence-electron chi connectivity index (χ1n) is 14.4. The Labute approximate surface area is 244 Å². The van der Waals surface area contributed by atoms with Crippen LogP contribution >= 0.6 is 0 Å². The van der Waals surface area contributed by atoms with E-state index in [9.17, 15) is 0 Å². The second kappa shape index (κ2) is 10.6. The van der Waals surface area contributed by atoms with Crippen molar-refractivity contribution in [2.75, 3.05) is 0 Å². The third kappa shape index (κ3) is 5.12. The maximum absolute atomic E-state index is 6.97. The van der Waals surface area contributed by atoms with Gasteiger partial charge in [0, 0.05) is 0 Å². The van der Waals surface area contributed by atoms with Crippen molar-refractivity contribution in [2.24, 2.45) is 0 Å². The fourth-order valence-corrected chi connectivity index (χ4v) is 5.63. The van der Waals surface area contributed by atoms with Crippen LogP contribution < -0.4 is 0 Å². The normalized spacial score (nSPS) is 18.4. The Morgan fingerprint density at radius 1 is 0.512 bits per heavy atom. The van der Waals surface area contributed by atoms with Gasteiger partial charge in [0.1, 0.15) is 0 Å². The predicted molar refractivity (Wildman–Crippen MR) is 170 cm³/mol. The van der Waals surface area contributed by atoms with Crippen LogP contribution in [0.15, 0.2) is 109 Å². The topological polar surface area (TPSA) is 27.7 Å². The lowest BCUT2D eigenvalue weighted by Crippen LogP contribution is -2.41. The molecular weight excluding hydrogens is 503 g/mol. The Morgan fingerprint density at radius 3 is 1.24 bits per heavy atom. The number of rotatable bonds is 6. The van der Waals surface area contributed by atoms with Crippen molar-refractivity contribution in [1.29, 1.82) is 0 Å². The van der Waals surface area contributed by atoms with Gasteiger partial charge in [0.25, 0.3) is 0 Å². The number of aryl methyl sites for hydroxylation is 2. The minimum atomic E-state index is -0.820. The number of allylic oxidation sites excluding steroid dienone is 2. The standard InChI is InChI=1S/C37H37BO3/c1-25-17-21-29(22-18-25)31-32(30-23-19-26(2)20-24-30)34(28-15-11-8-12-16-28)35(33(31)27-13-9-7-10-14-27)39-38-40-36(3,4)37(5,6)41-38/h7-24,35H,1-6H3. The zero-order chi connectivity index (χ0) is 28.8.